The van der Waals surface area contributed by atoms with E-state index in [-0.39, 0.29) is 17.5 Å². The molecule has 0 aromatic heterocycles. The van der Waals surface area contributed by atoms with Crippen LogP contribution < -0.4 is 0 Å². The Bertz CT molecular complexity index is 797. The topological polar surface area (TPSA) is 74.6 Å². The van der Waals surface area contributed by atoms with Crippen molar-refractivity contribution in [3.8, 4) is 0 Å². The van der Waals surface area contributed by atoms with Crippen LogP contribution in [0.4, 0.5) is 4.39 Å². The molecule has 0 radical (unpaired) electrons. The Morgan fingerprint density at radius 1 is 1.21 bits per heavy atom. The molecule has 0 aliphatic rings. The molecule has 0 bridgehead atoms. The predicted octanol–water partition coefficient (Wildman–Crippen LogP) is 4.03. The summed E-state index contributed by atoms with van der Waals surface area (Å²) in [7, 11) is 0. The van der Waals surface area contributed by atoms with Gasteiger partial charge in [-0.15, -0.1) is 0 Å². The first-order valence-corrected chi connectivity index (χ1v) is 7.65. The van der Waals surface area contributed by atoms with Gasteiger partial charge >= 0.3 is 5.97 Å². The molecule has 0 aliphatic heterocycles. The molecule has 126 valence electrons. The fourth-order valence-corrected chi connectivity index (χ4v) is 2.39. The first kappa shape index (κ1) is 18.1. The molecule has 2 rings (SSSR count). The molecule has 24 heavy (non-hydrogen) atoms. The molecule has 0 heterocycles. The van der Waals surface area contributed by atoms with E-state index in [1.165, 1.54) is 31.2 Å². The highest BCUT2D eigenvalue weighted by Crippen LogP contribution is 2.29. The number of halogens is 2. The van der Waals surface area contributed by atoms with Gasteiger partial charge in [0, 0.05) is 10.6 Å². The second kappa shape index (κ2) is 6.71. The Hall–Kier alpha value is -2.24. The summed E-state index contributed by atoms with van der Waals surface area (Å²) in [6.45, 7) is 3.14. The average molecular weight is 351 g/mol. The van der Waals surface area contributed by atoms with Crippen molar-refractivity contribution in [2.45, 2.75) is 25.9 Å². The Kier molecular flexibility index (Phi) is 5.06. The number of aliphatic hydroxyl groups is 1. The van der Waals surface area contributed by atoms with Crippen molar-refractivity contribution >= 4 is 23.4 Å². The van der Waals surface area contributed by atoms with Crippen LogP contribution in [0.25, 0.3) is 0 Å². The van der Waals surface area contributed by atoms with Gasteiger partial charge in [0.15, 0.2) is 5.78 Å². The van der Waals surface area contributed by atoms with Gasteiger partial charge in [0.25, 0.3) is 0 Å². The standard InChI is InChI=1S/C18H16ClFO4/c1-3-18(2,24)11-8-13(17(22)23)15(14(20)9-11)16(21)10-4-6-12(19)7-5-10/h4-9,24H,3H2,1-2H3,(H,22,23). The van der Waals surface area contributed by atoms with E-state index in [0.717, 1.165) is 12.1 Å². The zero-order valence-electron chi connectivity index (χ0n) is 13.1. The van der Waals surface area contributed by atoms with Crippen molar-refractivity contribution in [2.75, 3.05) is 0 Å². The summed E-state index contributed by atoms with van der Waals surface area (Å²) in [6, 6.07) is 7.85. The third-order valence-corrected chi connectivity index (χ3v) is 4.22. The maximum Gasteiger partial charge on any atom is 0.336 e. The lowest BCUT2D eigenvalue weighted by Gasteiger charge is -2.23. The van der Waals surface area contributed by atoms with Crippen molar-refractivity contribution < 1.29 is 24.2 Å². The number of carboxylic acids is 1. The number of hydrogen-bond donors (Lipinski definition) is 2. The Labute approximate surface area is 143 Å². The van der Waals surface area contributed by atoms with Gasteiger partial charge in [0.05, 0.1) is 16.7 Å². The molecule has 1 atom stereocenters. The Balaban J connectivity index is 2.63. The number of aromatic carboxylic acids is 1. The van der Waals surface area contributed by atoms with Crippen LogP contribution in [-0.2, 0) is 5.60 Å². The Morgan fingerprint density at radius 3 is 2.29 bits per heavy atom. The third kappa shape index (κ3) is 3.47. The number of carbonyl (C=O) groups excluding carboxylic acids is 1. The largest absolute Gasteiger partial charge is 0.478 e. The molecule has 6 heteroatoms. The zero-order chi connectivity index (χ0) is 18.1. The normalized spacial score (nSPS) is 13.4. The molecule has 0 saturated carbocycles. The lowest BCUT2D eigenvalue weighted by atomic mass is 9.88. The summed E-state index contributed by atoms with van der Waals surface area (Å²) in [5.41, 5.74) is -2.20. The van der Waals surface area contributed by atoms with E-state index in [1.54, 1.807) is 6.92 Å². The monoisotopic (exact) mass is 350 g/mol. The summed E-state index contributed by atoms with van der Waals surface area (Å²) in [6.07, 6.45) is 0.260. The molecule has 1 unspecified atom stereocenters. The fraction of sp³-hybridized carbons (Fsp3) is 0.222. The van der Waals surface area contributed by atoms with Crippen molar-refractivity contribution in [1.29, 1.82) is 0 Å². The Morgan fingerprint density at radius 2 is 1.79 bits per heavy atom. The van der Waals surface area contributed by atoms with Gasteiger partial charge in [-0.3, -0.25) is 4.79 Å². The van der Waals surface area contributed by atoms with Crippen molar-refractivity contribution in [3.05, 3.63) is 69.5 Å². The van der Waals surface area contributed by atoms with Crippen molar-refractivity contribution in [3.63, 3.8) is 0 Å². The molecular weight excluding hydrogens is 335 g/mol. The molecule has 0 spiro atoms. The van der Waals surface area contributed by atoms with Crippen LogP contribution in [0.3, 0.4) is 0 Å². The molecule has 2 aromatic rings. The summed E-state index contributed by atoms with van der Waals surface area (Å²) in [5.74, 6) is -3.19. The minimum atomic E-state index is -1.44. The number of carbonyl (C=O) groups is 2. The van der Waals surface area contributed by atoms with Crippen molar-refractivity contribution in [2.24, 2.45) is 0 Å². The van der Waals surface area contributed by atoms with Gasteiger partial charge in [0.2, 0.25) is 0 Å². The van der Waals surface area contributed by atoms with Gasteiger partial charge in [-0.2, -0.15) is 0 Å². The van der Waals surface area contributed by atoms with Crippen LogP contribution in [0, 0.1) is 5.82 Å². The molecule has 0 fully saturated rings. The zero-order valence-corrected chi connectivity index (χ0v) is 13.9. The minimum absolute atomic E-state index is 0.104. The SMILES string of the molecule is CCC(C)(O)c1cc(F)c(C(=O)c2ccc(Cl)cc2)c(C(=O)O)c1. The molecular formula is C18H16ClFO4. The van der Waals surface area contributed by atoms with E-state index in [1.807, 2.05) is 0 Å². The van der Waals surface area contributed by atoms with Gasteiger partial charge in [-0.05, 0) is 55.3 Å². The molecule has 0 saturated heterocycles. The van der Waals surface area contributed by atoms with Gasteiger partial charge in [0.1, 0.15) is 5.82 Å². The lowest BCUT2D eigenvalue weighted by Crippen LogP contribution is -2.22. The maximum absolute atomic E-state index is 14.5. The van der Waals surface area contributed by atoms with Gasteiger partial charge in [-0.25, -0.2) is 9.18 Å². The van der Waals surface area contributed by atoms with Crippen LogP contribution >= 0.6 is 11.6 Å². The second-order valence-electron chi connectivity index (χ2n) is 5.65. The first-order chi connectivity index (χ1) is 11.2. The molecule has 2 N–H and O–H groups in total. The van der Waals surface area contributed by atoms with Gasteiger partial charge in [-0.1, -0.05) is 18.5 Å². The first-order valence-electron chi connectivity index (χ1n) is 7.27. The second-order valence-corrected chi connectivity index (χ2v) is 6.09. The number of rotatable bonds is 5. The van der Waals surface area contributed by atoms with E-state index >= 15 is 0 Å². The van der Waals surface area contributed by atoms with E-state index in [4.69, 9.17) is 11.6 Å². The summed E-state index contributed by atoms with van der Waals surface area (Å²) >= 11 is 5.76. The molecule has 0 amide bonds. The van der Waals surface area contributed by atoms with Crippen LogP contribution in [0.5, 0.6) is 0 Å². The van der Waals surface area contributed by atoms with Crippen LogP contribution in [0.15, 0.2) is 36.4 Å². The molecule has 0 aliphatic carbocycles. The van der Waals surface area contributed by atoms with Crippen LogP contribution in [-0.4, -0.2) is 22.0 Å². The van der Waals surface area contributed by atoms with E-state index in [9.17, 15) is 24.2 Å². The quantitative estimate of drug-likeness (QED) is 0.798. The minimum Gasteiger partial charge on any atom is -0.478 e. The van der Waals surface area contributed by atoms with E-state index in [2.05, 4.69) is 0 Å². The van der Waals surface area contributed by atoms with Crippen molar-refractivity contribution in [1.82, 2.24) is 0 Å². The van der Waals surface area contributed by atoms with E-state index in [0.29, 0.717) is 5.02 Å². The fourth-order valence-electron chi connectivity index (χ4n) is 2.27. The highest BCUT2D eigenvalue weighted by Gasteiger charge is 2.28. The number of benzene rings is 2. The van der Waals surface area contributed by atoms with Crippen LogP contribution in [0.1, 0.15) is 52.1 Å². The third-order valence-electron chi connectivity index (χ3n) is 3.96. The number of hydrogen-bond acceptors (Lipinski definition) is 3. The predicted molar refractivity (Wildman–Crippen MR) is 88.1 cm³/mol. The van der Waals surface area contributed by atoms with Gasteiger partial charge < -0.3 is 10.2 Å². The maximum atomic E-state index is 14.5. The number of ketones is 1. The highest BCUT2D eigenvalue weighted by atomic mass is 35.5. The number of carboxylic acid groups (broad SMARTS) is 1. The summed E-state index contributed by atoms with van der Waals surface area (Å²) in [5, 5.41) is 20.0. The smallest absolute Gasteiger partial charge is 0.336 e. The highest BCUT2D eigenvalue weighted by molar-refractivity contribution is 6.30. The lowest BCUT2D eigenvalue weighted by molar-refractivity contribution is 0.0524. The summed E-state index contributed by atoms with van der Waals surface area (Å²) < 4.78 is 14.5. The van der Waals surface area contributed by atoms with Crippen LogP contribution in [0.2, 0.25) is 5.02 Å². The average Bonchev–Trinajstić information content (AvgIpc) is 2.54. The molecule has 4 nitrogen and oxygen atoms in total. The molecule has 2 aromatic carbocycles. The van der Waals surface area contributed by atoms with E-state index < -0.39 is 34.3 Å². The summed E-state index contributed by atoms with van der Waals surface area (Å²) in [4.78, 5) is 24.0.